The van der Waals surface area contributed by atoms with E-state index in [1.54, 1.807) is 13.8 Å². The molecule has 0 saturated carbocycles. The third-order valence-electron chi connectivity index (χ3n) is 5.04. The Morgan fingerprint density at radius 2 is 1.07 bits per heavy atom. The van der Waals surface area contributed by atoms with Crippen molar-refractivity contribution in [3.05, 3.63) is 6.92 Å². The topological polar surface area (TPSA) is 236 Å². The largest absolute Gasteiger partial charge is 1.00 e. The Morgan fingerprint density at radius 3 is 1.35 bits per heavy atom. The van der Waals surface area contributed by atoms with Crippen LogP contribution in [0.1, 0.15) is 112 Å². The van der Waals surface area contributed by atoms with Crippen LogP contribution in [0.25, 0.3) is 0 Å². The van der Waals surface area contributed by atoms with Crippen LogP contribution in [0, 0.1) is 6.92 Å². The van der Waals surface area contributed by atoms with E-state index in [4.69, 9.17) is 24.1 Å². The van der Waals surface area contributed by atoms with E-state index in [1.807, 2.05) is 0 Å². The van der Waals surface area contributed by atoms with Crippen molar-refractivity contribution in [3.63, 3.8) is 0 Å². The molecule has 0 rings (SSSR count). The molecule has 17 heteroatoms. The van der Waals surface area contributed by atoms with Crippen molar-refractivity contribution in [3.8, 4) is 0 Å². The molecule has 0 aromatic carbocycles. The van der Waals surface area contributed by atoms with Gasteiger partial charge < -0.3 is 26.6 Å². The van der Waals surface area contributed by atoms with E-state index in [0.29, 0.717) is 0 Å². The molecular weight excluding hydrogens is 623 g/mol. The third-order valence-corrected chi connectivity index (χ3v) is 7.21. The van der Waals surface area contributed by atoms with Gasteiger partial charge >= 0.3 is 53.4 Å². The van der Waals surface area contributed by atoms with E-state index in [2.05, 4.69) is 18.6 Å². The average molecular weight is 673 g/mol. The number of carboxylic acids is 2. The van der Waals surface area contributed by atoms with Gasteiger partial charge in [0.1, 0.15) is 0 Å². The van der Waals surface area contributed by atoms with Gasteiger partial charge in [-0.2, -0.15) is 23.3 Å². The van der Waals surface area contributed by atoms with Crippen LogP contribution in [0.5, 0.6) is 0 Å². The second-order valence-electron chi connectivity index (χ2n) is 9.85. The third kappa shape index (κ3) is 31.9. The molecule has 0 aliphatic rings. The van der Waals surface area contributed by atoms with Crippen LogP contribution in [0.15, 0.2) is 0 Å². The fourth-order valence-corrected chi connectivity index (χ4v) is 4.30. The monoisotopic (exact) mass is 672 g/mol. The maximum absolute atomic E-state index is 11.5. The zero-order valence-electron chi connectivity index (χ0n) is 26.2. The van der Waals surface area contributed by atoms with Gasteiger partial charge in [0.15, 0.2) is 10.5 Å². The van der Waals surface area contributed by atoms with Crippen molar-refractivity contribution in [2.24, 2.45) is 0 Å². The normalized spacial score (nSPS) is 12.4. The van der Waals surface area contributed by atoms with Gasteiger partial charge in [0.25, 0.3) is 20.2 Å². The quantitative estimate of drug-likeness (QED) is 0.0494. The molecule has 0 spiro atoms. The zero-order chi connectivity index (χ0) is 33.5. The molecule has 0 saturated heterocycles. The molecule has 0 fully saturated rings. The number of carboxylic acid groups (broad SMARTS) is 2. The van der Waals surface area contributed by atoms with Crippen LogP contribution in [0.3, 0.4) is 0 Å². The van der Waals surface area contributed by atoms with Gasteiger partial charge in [0.2, 0.25) is 0 Å². The summed E-state index contributed by atoms with van der Waals surface area (Å²) in [6, 6.07) is 0. The van der Waals surface area contributed by atoms with Gasteiger partial charge in [0.05, 0.1) is 25.0 Å². The number of hydrogen-bond donors (Lipinski definition) is 4. The Hall–Kier alpha value is -1.30. The molecule has 0 aromatic heterocycles. The number of rotatable bonds is 19. The van der Waals surface area contributed by atoms with Crippen molar-refractivity contribution < 1.29 is 94.4 Å². The molecule has 0 amide bonds. The second-order valence-corrected chi connectivity index (χ2v) is 13.1. The molecule has 0 aliphatic carbocycles. The van der Waals surface area contributed by atoms with E-state index in [-0.39, 0.29) is 29.6 Å². The van der Waals surface area contributed by atoms with Crippen LogP contribution in [0.4, 0.5) is 0 Å². The maximum Gasteiger partial charge on any atom is 1.00 e. The molecule has 0 aliphatic heterocycles. The van der Waals surface area contributed by atoms with Crippen molar-refractivity contribution in [1.29, 1.82) is 0 Å². The van der Waals surface area contributed by atoms with Crippen molar-refractivity contribution >= 4 is 44.1 Å². The minimum atomic E-state index is -4.84. The molecule has 0 heterocycles. The maximum atomic E-state index is 11.5. The van der Waals surface area contributed by atoms with Crippen molar-refractivity contribution in [1.82, 2.24) is 0 Å². The summed E-state index contributed by atoms with van der Waals surface area (Å²) in [5, 5.41) is 12.0. The predicted octanol–water partition coefficient (Wildman–Crippen LogP) is 1.08. The first-order valence-corrected chi connectivity index (χ1v) is 16.8. The van der Waals surface area contributed by atoms with E-state index < -0.39 is 79.7 Å². The fourth-order valence-electron chi connectivity index (χ4n) is 3.05. The van der Waals surface area contributed by atoms with Crippen LogP contribution >= 0.6 is 0 Å². The SMILES string of the molecule is CC(C)OC(=O)CC(C(=O)OC(C)C)S(=O)(=O)O.O=C(O)CC(C(=O)O)S(=O)(=O)O.[CH2-]CCCCCCCCCCC.[Na+]. The molecule has 14 nitrogen and oxygen atoms in total. The molecule has 43 heavy (non-hydrogen) atoms. The Balaban J connectivity index is -0.000000271. The number of carbonyl (C=O) groups is 4. The van der Waals surface area contributed by atoms with Crippen LogP contribution < -0.4 is 29.6 Å². The molecule has 0 aromatic rings. The number of hydrogen-bond acceptors (Lipinski definition) is 10. The van der Waals surface area contributed by atoms with Gasteiger partial charge in [-0.15, -0.1) is 0 Å². The summed E-state index contributed by atoms with van der Waals surface area (Å²) >= 11 is 0. The molecule has 2 atom stereocenters. The second kappa shape index (κ2) is 27.0. The van der Waals surface area contributed by atoms with Gasteiger partial charge in [-0.25, -0.2) is 0 Å². The smallest absolute Gasteiger partial charge is 0.481 e. The van der Waals surface area contributed by atoms with Gasteiger partial charge in [-0.1, -0.05) is 64.7 Å². The van der Waals surface area contributed by atoms with E-state index in [0.717, 1.165) is 6.42 Å². The standard InChI is InChI=1S/C12H25.C10H18O7S.C4H6O7S.Na/c1-3-5-7-9-11-12-10-8-6-4-2;1-6(2)16-9(11)5-8(18(13,14)15)10(12)17-7(3)4;5-3(6)1-2(4(7)8)12(9,10)11;/h1,3-12H2,2H3;6-8H,5H2,1-4H3,(H,13,14,15);2H,1H2,(H,5,6)(H,7,8)(H,9,10,11);/q-1;;;+1. The van der Waals surface area contributed by atoms with Crippen molar-refractivity contribution in [2.75, 3.05) is 0 Å². The number of unbranched alkanes of at least 4 members (excludes halogenated alkanes) is 9. The first kappa shape index (κ1) is 48.6. The minimum absolute atomic E-state index is 0. The number of esters is 2. The number of carbonyl (C=O) groups excluding carboxylic acids is 2. The van der Waals surface area contributed by atoms with Crippen LogP contribution in [0.2, 0.25) is 0 Å². The van der Waals surface area contributed by atoms with E-state index >= 15 is 0 Å². The summed E-state index contributed by atoms with van der Waals surface area (Å²) in [5.41, 5.74) is 0. The summed E-state index contributed by atoms with van der Waals surface area (Å²) in [7, 11) is -9.56. The molecule has 250 valence electrons. The summed E-state index contributed by atoms with van der Waals surface area (Å²) in [4.78, 5) is 42.7. The first-order valence-electron chi connectivity index (χ1n) is 13.8. The van der Waals surface area contributed by atoms with Crippen LogP contribution in [-0.2, 0) is 48.9 Å². The summed E-state index contributed by atoms with van der Waals surface area (Å²) < 4.78 is 69.0. The zero-order valence-corrected chi connectivity index (χ0v) is 29.8. The number of aliphatic carboxylic acids is 2. The summed E-state index contributed by atoms with van der Waals surface area (Å²) in [6.45, 7) is 12.3. The Labute approximate surface area is 278 Å². The van der Waals surface area contributed by atoms with E-state index in [9.17, 15) is 36.0 Å². The average Bonchev–Trinajstić information content (AvgIpc) is 2.81. The Kier molecular flexibility index (Phi) is 30.6. The predicted molar refractivity (Wildman–Crippen MR) is 155 cm³/mol. The van der Waals surface area contributed by atoms with Crippen LogP contribution in [-0.4, -0.2) is 82.7 Å². The van der Waals surface area contributed by atoms with E-state index in [1.165, 1.54) is 71.6 Å². The van der Waals surface area contributed by atoms with Crippen molar-refractivity contribution in [2.45, 2.75) is 134 Å². The molecule has 0 radical (unpaired) electrons. The Bertz CT molecular complexity index is 985. The number of ether oxygens (including phenoxy) is 2. The summed E-state index contributed by atoms with van der Waals surface area (Å²) in [5.74, 6) is -5.57. The minimum Gasteiger partial charge on any atom is -0.481 e. The van der Waals surface area contributed by atoms with Gasteiger partial charge in [0, 0.05) is 0 Å². The fraction of sp³-hybridized carbons (Fsp3) is 0.808. The summed E-state index contributed by atoms with van der Waals surface area (Å²) in [6.07, 6.45) is 11.0. The molecule has 4 N–H and O–H groups in total. The van der Waals surface area contributed by atoms with Gasteiger partial charge in [-0.3, -0.25) is 28.3 Å². The molecule has 2 unspecified atom stereocenters. The molecule has 0 bridgehead atoms. The molecular formula is C26H49NaO14S2. The van der Waals surface area contributed by atoms with Gasteiger partial charge in [-0.05, 0) is 27.7 Å². The Morgan fingerprint density at radius 1 is 0.674 bits per heavy atom. The first-order chi connectivity index (χ1) is 19.2.